The molecule has 0 radical (unpaired) electrons. The zero-order chi connectivity index (χ0) is 23.6. The summed E-state index contributed by atoms with van der Waals surface area (Å²) < 4.78 is 5.94. The maximum atomic E-state index is 13.4. The van der Waals surface area contributed by atoms with Crippen molar-refractivity contribution in [2.45, 2.75) is 30.0 Å². The molecular formula is C23H24N4O4S2. The lowest BCUT2D eigenvalue weighted by atomic mass is 10.2. The van der Waals surface area contributed by atoms with Crippen molar-refractivity contribution in [3.63, 3.8) is 0 Å². The van der Waals surface area contributed by atoms with Crippen LogP contribution in [0.4, 0.5) is 16.2 Å². The number of amides is 3. The van der Waals surface area contributed by atoms with E-state index in [2.05, 4.69) is 15.6 Å². The smallest absolute Gasteiger partial charge is 0.339 e. The molecule has 10 heteroatoms. The Bertz CT molecular complexity index is 1080. The molecule has 33 heavy (non-hydrogen) atoms. The van der Waals surface area contributed by atoms with Crippen molar-refractivity contribution in [1.82, 2.24) is 10.3 Å². The van der Waals surface area contributed by atoms with Crippen molar-refractivity contribution in [2.24, 2.45) is 0 Å². The molecule has 2 N–H and O–H groups in total. The Balaban J connectivity index is 1.88. The number of hydrogen-bond donors (Lipinski definition) is 2. The first kappa shape index (κ1) is 24.3. The number of hydrogen-bond acceptors (Lipinski definition) is 7. The van der Waals surface area contributed by atoms with Crippen LogP contribution in [-0.4, -0.2) is 34.9 Å². The number of thioether (sulfide) groups is 1. The van der Waals surface area contributed by atoms with E-state index >= 15 is 0 Å². The number of esters is 1. The SMILES string of the molecule is CCOC(=O)C(NC(=O)N(Cc1ccccc1)c1cccc(NC(C)=O)c1)Sc1cncs1. The molecule has 0 aliphatic carbocycles. The van der Waals surface area contributed by atoms with Gasteiger partial charge >= 0.3 is 12.0 Å². The maximum absolute atomic E-state index is 13.4. The quantitative estimate of drug-likeness (QED) is 0.264. The Labute approximate surface area is 200 Å². The number of benzene rings is 2. The molecule has 172 valence electrons. The molecule has 0 saturated heterocycles. The van der Waals surface area contributed by atoms with E-state index in [4.69, 9.17) is 4.74 Å². The summed E-state index contributed by atoms with van der Waals surface area (Å²) in [6.45, 7) is 3.59. The van der Waals surface area contributed by atoms with Gasteiger partial charge in [-0.15, -0.1) is 11.3 Å². The van der Waals surface area contributed by atoms with Crippen LogP contribution in [0.2, 0.25) is 0 Å². The van der Waals surface area contributed by atoms with Crippen LogP contribution in [0.5, 0.6) is 0 Å². The van der Waals surface area contributed by atoms with Crippen LogP contribution in [-0.2, 0) is 20.9 Å². The van der Waals surface area contributed by atoms with E-state index < -0.39 is 17.4 Å². The Morgan fingerprint density at radius 1 is 1.15 bits per heavy atom. The second-order valence-electron chi connectivity index (χ2n) is 6.82. The molecule has 3 rings (SSSR count). The number of aromatic nitrogens is 1. The van der Waals surface area contributed by atoms with Gasteiger partial charge in [-0.2, -0.15) is 0 Å². The van der Waals surface area contributed by atoms with Gasteiger partial charge in [-0.25, -0.2) is 9.59 Å². The number of rotatable bonds is 9. The van der Waals surface area contributed by atoms with Crippen LogP contribution < -0.4 is 15.5 Å². The van der Waals surface area contributed by atoms with Crippen LogP contribution in [0.15, 0.2) is 70.5 Å². The summed E-state index contributed by atoms with van der Waals surface area (Å²) in [5.41, 5.74) is 3.68. The van der Waals surface area contributed by atoms with Gasteiger partial charge in [-0.3, -0.25) is 14.7 Å². The fraction of sp³-hybridized carbons (Fsp3) is 0.217. The molecule has 0 aliphatic heterocycles. The highest BCUT2D eigenvalue weighted by Crippen LogP contribution is 2.27. The normalized spacial score (nSPS) is 11.3. The summed E-state index contributed by atoms with van der Waals surface area (Å²) in [7, 11) is 0. The van der Waals surface area contributed by atoms with Crippen molar-refractivity contribution in [1.29, 1.82) is 0 Å². The van der Waals surface area contributed by atoms with Gasteiger partial charge in [-0.05, 0) is 30.7 Å². The van der Waals surface area contributed by atoms with Crippen LogP contribution in [0, 0.1) is 0 Å². The molecule has 0 saturated carbocycles. The average molecular weight is 485 g/mol. The Morgan fingerprint density at radius 3 is 2.61 bits per heavy atom. The van der Waals surface area contributed by atoms with Crippen LogP contribution in [0.3, 0.4) is 0 Å². The molecule has 8 nitrogen and oxygen atoms in total. The topological polar surface area (TPSA) is 101 Å². The summed E-state index contributed by atoms with van der Waals surface area (Å²) in [6.07, 6.45) is 1.63. The molecule has 3 amide bonds. The van der Waals surface area contributed by atoms with Gasteiger partial charge in [0, 0.05) is 18.3 Å². The first-order valence-electron chi connectivity index (χ1n) is 10.2. The Morgan fingerprint density at radius 2 is 1.94 bits per heavy atom. The summed E-state index contributed by atoms with van der Waals surface area (Å²) in [5.74, 6) is -0.759. The van der Waals surface area contributed by atoms with Crippen molar-refractivity contribution in [3.8, 4) is 0 Å². The zero-order valence-electron chi connectivity index (χ0n) is 18.2. The predicted molar refractivity (Wildman–Crippen MR) is 130 cm³/mol. The second-order valence-corrected chi connectivity index (χ2v) is 9.11. The second kappa shape index (κ2) is 12.0. The van der Waals surface area contributed by atoms with Crippen LogP contribution >= 0.6 is 23.1 Å². The molecule has 1 atom stereocenters. The lowest BCUT2D eigenvalue weighted by Gasteiger charge is -2.26. The number of ether oxygens (including phenoxy) is 1. The summed E-state index contributed by atoms with van der Waals surface area (Å²) in [4.78, 5) is 43.0. The molecule has 1 unspecified atom stereocenters. The van der Waals surface area contributed by atoms with Crippen molar-refractivity contribution in [3.05, 3.63) is 71.9 Å². The van der Waals surface area contributed by atoms with Gasteiger partial charge < -0.3 is 15.4 Å². The van der Waals surface area contributed by atoms with E-state index in [1.807, 2.05) is 30.3 Å². The van der Waals surface area contributed by atoms with E-state index in [0.717, 1.165) is 9.77 Å². The monoisotopic (exact) mass is 484 g/mol. The van der Waals surface area contributed by atoms with Gasteiger partial charge in [0.05, 0.1) is 29.1 Å². The number of carbonyl (C=O) groups is 3. The molecule has 0 aliphatic rings. The van der Waals surface area contributed by atoms with Gasteiger partial charge in [0.15, 0.2) is 5.37 Å². The molecule has 3 aromatic rings. The molecule has 1 heterocycles. The van der Waals surface area contributed by atoms with E-state index in [9.17, 15) is 14.4 Å². The fourth-order valence-electron chi connectivity index (χ4n) is 2.92. The van der Waals surface area contributed by atoms with Crippen molar-refractivity contribution in [2.75, 3.05) is 16.8 Å². The Hall–Kier alpha value is -3.37. The van der Waals surface area contributed by atoms with E-state index in [0.29, 0.717) is 11.4 Å². The molecule has 0 spiro atoms. The number of thiazole rings is 1. The van der Waals surface area contributed by atoms with Gasteiger partial charge in [0.2, 0.25) is 5.91 Å². The minimum Gasteiger partial charge on any atom is -0.464 e. The first-order valence-corrected chi connectivity index (χ1v) is 11.9. The van der Waals surface area contributed by atoms with Gasteiger partial charge in [0.1, 0.15) is 0 Å². The van der Waals surface area contributed by atoms with Gasteiger partial charge in [-0.1, -0.05) is 48.2 Å². The molecule has 2 aromatic carbocycles. The largest absolute Gasteiger partial charge is 0.464 e. The highest BCUT2D eigenvalue weighted by molar-refractivity contribution is 8.02. The highest BCUT2D eigenvalue weighted by Gasteiger charge is 2.27. The molecule has 0 bridgehead atoms. The third-order valence-corrected chi connectivity index (χ3v) is 6.33. The van der Waals surface area contributed by atoms with E-state index in [1.54, 1.807) is 42.9 Å². The standard InChI is InChI=1S/C23H24N4O4S2/c1-3-31-22(29)21(33-20-13-24-15-32-20)26-23(30)27(14-17-8-5-4-6-9-17)19-11-7-10-18(12-19)25-16(2)28/h4-13,15,21H,3,14H2,1-2H3,(H,25,28)(H,26,30). The third-order valence-electron chi connectivity index (χ3n) is 4.31. The fourth-order valence-corrected chi connectivity index (χ4v) is 4.59. The van der Waals surface area contributed by atoms with E-state index in [-0.39, 0.29) is 19.1 Å². The van der Waals surface area contributed by atoms with Crippen LogP contribution in [0.1, 0.15) is 19.4 Å². The lowest BCUT2D eigenvalue weighted by Crippen LogP contribution is -2.47. The maximum Gasteiger partial charge on any atom is 0.339 e. The number of nitrogens with one attached hydrogen (secondary N) is 2. The van der Waals surface area contributed by atoms with E-state index in [1.165, 1.54) is 34.9 Å². The summed E-state index contributed by atoms with van der Waals surface area (Å²) in [6, 6.07) is 16.0. The number of carbonyl (C=O) groups excluding carboxylic acids is 3. The molecule has 1 aromatic heterocycles. The average Bonchev–Trinajstić information content (AvgIpc) is 3.31. The lowest BCUT2D eigenvalue weighted by molar-refractivity contribution is -0.142. The molecule has 0 fully saturated rings. The number of anilines is 2. The minimum atomic E-state index is -0.949. The number of urea groups is 1. The third kappa shape index (κ3) is 7.33. The Kier molecular flexibility index (Phi) is 8.85. The highest BCUT2D eigenvalue weighted by atomic mass is 32.2. The molecular weight excluding hydrogens is 460 g/mol. The summed E-state index contributed by atoms with van der Waals surface area (Å²) in [5, 5.41) is 4.56. The predicted octanol–water partition coefficient (Wildman–Crippen LogP) is 4.50. The first-order chi connectivity index (χ1) is 16.0. The summed E-state index contributed by atoms with van der Waals surface area (Å²) >= 11 is 2.54. The number of nitrogens with zero attached hydrogens (tertiary/aromatic N) is 2. The van der Waals surface area contributed by atoms with Crippen molar-refractivity contribution >= 4 is 52.4 Å². The van der Waals surface area contributed by atoms with Crippen LogP contribution in [0.25, 0.3) is 0 Å². The zero-order valence-corrected chi connectivity index (χ0v) is 19.8. The minimum absolute atomic E-state index is 0.195. The van der Waals surface area contributed by atoms with Gasteiger partial charge in [0.25, 0.3) is 0 Å². The van der Waals surface area contributed by atoms with Crippen molar-refractivity contribution < 1.29 is 19.1 Å².